The molecule has 2 aromatic rings. The van der Waals surface area contributed by atoms with E-state index in [1.165, 1.54) is 57.7 Å². The van der Waals surface area contributed by atoms with Crippen molar-refractivity contribution < 1.29 is 42.4 Å². The number of methoxy groups -OCH3 is 2. The molecule has 1 amide bonds. The fourth-order valence-electron chi connectivity index (χ4n) is 3.40. The lowest BCUT2D eigenvalue weighted by Crippen LogP contribution is -2.46. The van der Waals surface area contributed by atoms with Crippen LogP contribution in [0.2, 0.25) is 0 Å². The number of nitro groups is 1. The molecule has 0 saturated carbocycles. The molecular formula is C23H27N2O10P. The summed E-state index contributed by atoms with van der Waals surface area (Å²) < 4.78 is 31.7. The second-order valence-electron chi connectivity index (χ2n) is 7.54. The Labute approximate surface area is 207 Å². The Morgan fingerprint density at radius 1 is 0.944 bits per heavy atom. The minimum Gasteiger partial charge on any atom is -0.469 e. The largest absolute Gasteiger partial charge is 0.469 e. The van der Waals surface area contributed by atoms with Crippen LogP contribution in [0, 0.1) is 10.1 Å². The van der Waals surface area contributed by atoms with Gasteiger partial charge in [0, 0.05) is 37.8 Å². The summed E-state index contributed by atoms with van der Waals surface area (Å²) in [5.74, 6) is -3.07. The summed E-state index contributed by atoms with van der Waals surface area (Å²) in [6, 6.07) is 10.00. The molecule has 0 aliphatic carbocycles. The third-order valence-electron chi connectivity index (χ3n) is 5.44. The predicted octanol–water partition coefficient (Wildman–Crippen LogP) is 3.20. The molecule has 0 heterocycles. The number of esters is 2. The van der Waals surface area contributed by atoms with Crippen molar-refractivity contribution in [1.82, 2.24) is 5.32 Å². The van der Waals surface area contributed by atoms with Gasteiger partial charge in [-0.2, -0.15) is 0 Å². The molecule has 0 aliphatic rings. The van der Waals surface area contributed by atoms with Crippen molar-refractivity contribution in [3.8, 4) is 0 Å². The van der Waals surface area contributed by atoms with E-state index in [4.69, 9.17) is 18.5 Å². The van der Waals surface area contributed by atoms with Crippen LogP contribution in [-0.4, -0.2) is 57.3 Å². The van der Waals surface area contributed by atoms with Gasteiger partial charge in [0.1, 0.15) is 6.04 Å². The fourth-order valence-corrected chi connectivity index (χ4v) is 4.46. The second-order valence-corrected chi connectivity index (χ2v) is 9.81. The summed E-state index contributed by atoms with van der Waals surface area (Å²) in [6.45, 7) is 0. The number of amides is 1. The zero-order chi connectivity index (χ0) is 26.9. The van der Waals surface area contributed by atoms with Crippen LogP contribution < -0.4 is 5.32 Å². The van der Waals surface area contributed by atoms with Gasteiger partial charge in [0.25, 0.3) is 11.6 Å². The minimum atomic E-state index is -3.30. The number of nitrogens with one attached hydrogen (secondary N) is 1. The fraction of sp³-hybridized carbons (Fsp3) is 0.348. The number of non-ortho nitro benzene ring substituents is 1. The zero-order valence-electron chi connectivity index (χ0n) is 20.2. The molecule has 0 bridgehead atoms. The Balaban J connectivity index is 2.34. The molecule has 12 nitrogen and oxygen atoms in total. The van der Waals surface area contributed by atoms with Crippen molar-refractivity contribution in [2.75, 3.05) is 28.4 Å². The second kappa shape index (κ2) is 12.9. The monoisotopic (exact) mass is 522 g/mol. The van der Waals surface area contributed by atoms with E-state index in [0.717, 1.165) is 7.11 Å². The first-order chi connectivity index (χ1) is 17.1. The molecular weight excluding hydrogens is 495 g/mol. The van der Waals surface area contributed by atoms with Gasteiger partial charge in [-0.25, -0.2) is 4.79 Å². The van der Waals surface area contributed by atoms with Crippen LogP contribution in [0.15, 0.2) is 48.5 Å². The van der Waals surface area contributed by atoms with Crippen LogP contribution in [0.5, 0.6) is 0 Å². The number of benzene rings is 2. The molecule has 0 aromatic heterocycles. The van der Waals surface area contributed by atoms with Crippen molar-refractivity contribution in [3.63, 3.8) is 0 Å². The molecule has 0 radical (unpaired) electrons. The summed E-state index contributed by atoms with van der Waals surface area (Å²) in [5, 5.41) is 13.6. The third-order valence-corrected chi connectivity index (χ3v) is 7.30. The van der Waals surface area contributed by atoms with E-state index >= 15 is 0 Å². The van der Waals surface area contributed by atoms with Gasteiger partial charge in [-0.3, -0.25) is 24.3 Å². The lowest BCUT2D eigenvalue weighted by Gasteiger charge is -2.26. The molecule has 13 heteroatoms. The van der Waals surface area contributed by atoms with Crippen LogP contribution in [0.3, 0.4) is 0 Å². The number of nitrogens with zero attached hydrogens (tertiary/aromatic N) is 1. The molecule has 0 unspecified atom stereocenters. The first kappa shape index (κ1) is 28.6. The van der Waals surface area contributed by atoms with E-state index in [-0.39, 0.29) is 23.8 Å². The topological polar surface area (TPSA) is 160 Å². The molecule has 0 fully saturated rings. The first-order valence-corrected chi connectivity index (χ1v) is 12.3. The molecule has 0 saturated heterocycles. The van der Waals surface area contributed by atoms with Crippen LogP contribution in [0.1, 0.15) is 33.8 Å². The summed E-state index contributed by atoms with van der Waals surface area (Å²) in [6.07, 6.45) is -0.315. The van der Waals surface area contributed by atoms with Gasteiger partial charge in [-0.15, -0.1) is 0 Å². The molecule has 2 rings (SSSR count). The molecule has 2 aromatic carbocycles. The van der Waals surface area contributed by atoms with Crippen LogP contribution in [-0.2, 0) is 38.8 Å². The van der Waals surface area contributed by atoms with Gasteiger partial charge < -0.3 is 23.8 Å². The van der Waals surface area contributed by atoms with Crippen molar-refractivity contribution in [1.29, 1.82) is 0 Å². The van der Waals surface area contributed by atoms with Crippen molar-refractivity contribution in [2.45, 2.75) is 24.5 Å². The maximum absolute atomic E-state index is 13.0. The highest BCUT2D eigenvalue weighted by Gasteiger charge is 2.34. The molecule has 2 atom stereocenters. The van der Waals surface area contributed by atoms with Crippen LogP contribution in [0.4, 0.5) is 5.69 Å². The Morgan fingerprint density at radius 3 is 2.00 bits per heavy atom. The van der Waals surface area contributed by atoms with Gasteiger partial charge in [0.15, 0.2) is 0 Å². The van der Waals surface area contributed by atoms with Gasteiger partial charge in [0.05, 0.1) is 31.7 Å². The Hall–Kier alpha value is -3.60. The molecule has 1 N–H and O–H groups in total. The average Bonchev–Trinajstić information content (AvgIpc) is 2.90. The van der Waals surface area contributed by atoms with Crippen molar-refractivity contribution in [3.05, 3.63) is 75.3 Å². The third kappa shape index (κ3) is 7.45. The van der Waals surface area contributed by atoms with E-state index in [2.05, 4.69) is 5.32 Å². The minimum absolute atomic E-state index is 0.00592. The van der Waals surface area contributed by atoms with Crippen molar-refractivity contribution in [2.24, 2.45) is 0 Å². The van der Waals surface area contributed by atoms with Crippen LogP contribution >= 0.6 is 7.60 Å². The Bertz CT molecular complexity index is 1130. The van der Waals surface area contributed by atoms with Gasteiger partial charge in [-0.1, -0.05) is 24.3 Å². The number of ether oxygens (including phenoxy) is 2. The Morgan fingerprint density at radius 2 is 1.53 bits per heavy atom. The zero-order valence-corrected chi connectivity index (χ0v) is 21.1. The maximum atomic E-state index is 13.0. The van der Waals surface area contributed by atoms with Crippen LogP contribution in [0.25, 0.3) is 0 Å². The number of hydrogen-bond donors (Lipinski definition) is 1. The quantitative estimate of drug-likeness (QED) is 0.190. The van der Waals surface area contributed by atoms with Gasteiger partial charge >= 0.3 is 19.5 Å². The summed E-state index contributed by atoms with van der Waals surface area (Å²) in [5.41, 5.74) is 0.975. The summed E-state index contributed by atoms with van der Waals surface area (Å²) in [7, 11) is 1.55. The molecule has 194 valence electrons. The van der Waals surface area contributed by atoms with E-state index in [1.54, 1.807) is 12.1 Å². The number of carbonyl (C=O) groups excluding carboxylic acids is 3. The highest BCUT2D eigenvalue weighted by Crippen LogP contribution is 2.49. The SMILES string of the molecule is COC(=O)C[C@@H](c1ccc([N+](=O)[O-])cc1)[C@H](NC(=O)c1ccc(CP(=O)(OC)OC)cc1)C(=O)OC. The standard InChI is InChI=1S/C23H27N2O10P/c1-32-20(26)13-19(16-9-11-18(12-10-16)25(29)30)21(23(28)33-2)24-22(27)17-7-5-15(6-8-17)14-36(31,34-3)35-4/h5-12,19,21H,13-14H2,1-4H3,(H,24,27)/t19-,21-/m0/s1. The number of carbonyl (C=O) groups is 3. The predicted molar refractivity (Wildman–Crippen MR) is 128 cm³/mol. The smallest absolute Gasteiger partial charge is 0.334 e. The molecule has 0 aliphatic heterocycles. The van der Waals surface area contributed by atoms with Gasteiger partial charge in [-0.05, 0) is 23.3 Å². The number of rotatable bonds is 12. The summed E-state index contributed by atoms with van der Waals surface area (Å²) >= 11 is 0. The van der Waals surface area contributed by atoms with Crippen molar-refractivity contribution >= 4 is 31.1 Å². The van der Waals surface area contributed by atoms with E-state index < -0.39 is 42.3 Å². The lowest BCUT2D eigenvalue weighted by molar-refractivity contribution is -0.384. The van der Waals surface area contributed by atoms with Gasteiger partial charge in [0.2, 0.25) is 0 Å². The normalized spacial score (nSPS) is 12.8. The summed E-state index contributed by atoms with van der Waals surface area (Å²) in [4.78, 5) is 48.2. The highest BCUT2D eigenvalue weighted by molar-refractivity contribution is 7.52. The molecule has 36 heavy (non-hydrogen) atoms. The average molecular weight is 522 g/mol. The lowest BCUT2D eigenvalue weighted by atomic mass is 9.88. The maximum Gasteiger partial charge on any atom is 0.334 e. The Kier molecular flexibility index (Phi) is 10.3. The number of nitro benzene ring substituents is 1. The van der Waals surface area contributed by atoms with E-state index in [1.807, 2.05) is 0 Å². The number of hydrogen-bond acceptors (Lipinski definition) is 10. The van der Waals surface area contributed by atoms with E-state index in [9.17, 15) is 29.1 Å². The highest BCUT2D eigenvalue weighted by atomic mass is 31.2. The molecule has 0 spiro atoms. The first-order valence-electron chi connectivity index (χ1n) is 10.6. The van der Waals surface area contributed by atoms with E-state index in [0.29, 0.717) is 11.1 Å².